The van der Waals surface area contributed by atoms with E-state index in [0.29, 0.717) is 16.7 Å². The van der Waals surface area contributed by atoms with Crippen molar-refractivity contribution in [3.63, 3.8) is 0 Å². The Morgan fingerprint density at radius 2 is 1.75 bits per heavy atom. The largest absolute Gasteiger partial charge is 0.393 e. The lowest BCUT2D eigenvalue weighted by molar-refractivity contribution is -0.0829. The molecular formula is C15H26O. The summed E-state index contributed by atoms with van der Waals surface area (Å²) in [5.74, 6) is 3.06. The number of aliphatic hydroxyl groups is 1. The Labute approximate surface area is 99.6 Å². The molecule has 0 aromatic rings. The molecule has 0 saturated heterocycles. The first-order chi connectivity index (χ1) is 7.40. The molecule has 0 heterocycles. The molecule has 0 radical (unpaired) electrons. The predicted octanol–water partition coefficient (Wildman–Crippen LogP) is 3.47. The zero-order chi connectivity index (χ0) is 11.7. The molecule has 0 bridgehead atoms. The van der Waals surface area contributed by atoms with Crippen LogP contribution in [-0.4, -0.2) is 11.2 Å². The van der Waals surface area contributed by atoms with Crippen LogP contribution in [0.15, 0.2) is 0 Å². The molecule has 16 heavy (non-hydrogen) atoms. The SMILES string of the molecule is CC1CCCC2C(O)CC3C(C3(C)C)C12C. The lowest BCUT2D eigenvalue weighted by atomic mass is 9.54. The summed E-state index contributed by atoms with van der Waals surface area (Å²) in [5, 5.41) is 10.4. The lowest BCUT2D eigenvalue weighted by Gasteiger charge is -2.52. The van der Waals surface area contributed by atoms with Crippen molar-refractivity contribution in [2.75, 3.05) is 0 Å². The highest BCUT2D eigenvalue weighted by molar-refractivity contribution is 5.19. The number of hydrogen-bond donors (Lipinski definition) is 1. The molecule has 0 aliphatic heterocycles. The third-order valence-electron chi connectivity index (χ3n) is 6.69. The van der Waals surface area contributed by atoms with Gasteiger partial charge in [-0.1, -0.05) is 40.5 Å². The summed E-state index contributed by atoms with van der Waals surface area (Å²) in [5.41, 5.74) is 0.917. The fourth-order valence-electron chi connectivity index (χ4n) is 5.62. The van der Waals surface area contributed by atoms with Crippen LogP contribution < -0.4 is 0 Å². The third kappa shape index (κ3) is 1.11. The normalized spacial score (nSPS) is 58.7. The van der Waals surface area contributed by atoms with Gasteiger partial charge in [0.2, 0.25) is 0 Å². The minimum Gasteiger partial charge on any atom is -0.393 e. The van der Waals surface area contributed by atoms with E-state index in [1.807, 2.05) is 0 Å². The van der Waals surface area contributed by atoms with Crippen molar-refractivity contribution >= 4 is 0 Å². The van der Waals surface area contributed by atoms with Crippen molar-refractivity contribution in [3.05, 3.63) is 0 Å². The van der Waals surface area contributed by atoms with E-state index in [-0.39, 0.29) is 6.10 Å². The van der Waals surface area contributed by atoms with Crippen molar-refractivity contribution in [2.45, 2.75) is 59.5 Å². The maximum absolute atomic E-state index is 10.4. The highest BCUT2D eigenvalue weighted by atomic mass is 16.3. The summed E-state index contributed by atoms with van der Waals surface area (Å²) in [6.45, 7) is 9.75. The second kappa shape index (κ2) is 3.04. The zero-order valence-electron chi connectivity index (χ0n) is 11.2. The van der Waals surface area contributed by atoms with Crippen molar-refractivity contribution in [1.29, 1.82) is 0 Å². The van der Waals surface area contributed by atoms with E-state index >= 15 is 0 Å². The minimum absolute atomic E-state index is 0.0178. The molecule has 3 rings (SSSR count). The summed E-state index contributed by atoms with van der Waals surface area (Å²) in [6, 6.07) is 0. The molecule has 3 fully saturated rings. The molecule has 0 spiro atoms. The molecule has 1 N–H and O–H groups in total. The van der Waals surface area contributed by atoms with Crippen LogP contribution >= 0.6 is 0 Å². The smallest absolute Gasteiger partial charge is 0.0576 e. The van der Waals surface area contributed by atoms with Gasteiger partial charge in [0.15, 0.2) is 0 Å². The zero-order valence-corrected chi connectivity index (χ0v) is 11.2. The van der Waals surface area contributed by atoms with Crippen molar-refractivity contribution in [3.8, 4) is 0 Å². The second-order valence-electron chi connectivity index (χ2n) is 7.51. The summed E-state index contributed by atoms with van der Waals surface area (Å²) in [4.78, 5) is 0. The first-order valence-electron chi connectivity index (χ1n) is 7.08. The van der Waals surface area contributed by atoms with Gasteiger partial charge in [-0.3, -0.25) is 0 Å². The molecule has 3 aliphatic carbocycles. The van der Waals surface area contributed by atoms with Gasteiger partial charge in [0, 0.05) is 0 Å². The van der Waals surface area contributed by atoms with E-state index in [1.165, 1.54) is 19.3 Å². The summed E-state index contributed by atoms with van der Waals surface area (Å²) in [7, 11) is 0. The second-order valence-corrected chi connectivity index (χ2v) is 7.51. The highest BCUT2D eigenvalue weighted by Crippen LogP contribution is 2.75. The summed E-state index contributed by atoms with van der Waals surface area (Å²) in [6.07, 6.45) is 5.03. The molecule has 6 atom stereocenters. The Bertz CT molecular complexity index is 305. The molecular weight excluding hydrogens is 196 g/mol. The Kier molecular flexibility index (Phi) is 2.11. The van der Waals surface area contributed by atoms with E-state index in [9.17, 15) is 5.11 Å². The first-order valence-corrected chi connectivity index (χ1v) is 7.08. The van der Waals surface area contributed by atoms with Gasteiger partial charge in [0.25, 0.3) is 0 Å². The molecule has 92 valence electrons. The van der Waals surface area contributed by atoms with Gasteiger partial charge >= 0.3 is 0 Å². The van der Waals surface area contributed by atoms with Gasteiger partial charge in [0.05, 0.1) is 6.10 Å². The standard InChI is InChI=1S/C15H26O/c1-9-6-5-7-10-12(16)8-11-13(14(11,2)3)15(9,10)4/h9-13,16H,5-8H2,1-4H3. The van der Waals surface area contributed by atoms with Gasteiger partial charge in [-0.15, -0.1) is 0 Å². The highest BCUT2D eigenvalue weighted by Gasteiger charge is 2.71. The molecule has 1 heteroatoms. The van der Waals surface area contributed by atoms with Crippen LogP contribution in [0.3, 0.4) is 0 Å². The van der Waals surface area contributed by atoms with Gasteiger partial charge in [0.1, 0.15) is 0 Å². The van der Waals surface area contributed by atoms with Crippen LogP contribution in [0, 0.1) is 34.5 Å². The number of fused-ring (bicyclic) bond motifs is 3. The monoisotopic (exact) mass is 222 g/mol. The molecule has 0 aromatic carbocycles. The Morgan fingerprint density at radius 3 is 2.44 bits per heavy atom. The van der Waals surface area contributed by atoms with Crippen LogP contribution in [0.1, 0.15) is 53.4 Å². The van der Waals surface area contributed by atoms with Gasteiger partial charge < -0.3 is 5.11 Å². The molecule has 3 saturated carbocycles. The molecule has 3 aliphatic rings. The van der Waals surface area contributed by atoms with Crippen LogP contribution in [-0.2, 0) is 0 Å². The van der Waals surface area contributed by atoms with E-state index in [2.05, 4.69) is 27.7 Å². The van der Waals surface area contributed by atoms with E-state index in [1.54, 1.807) is 0 Å². The maximum Gasteiger partial charge on any atom is 0.0576 e. The summed E-state index contributed by atoms with van der Waals surface area (Å²) >= 11 is 0. The average Bonchev–Trinajstić information content (AvgIpc) is 2.73. The van der Waals surface area contributed by atoms with Gasteiger partial charge in [-0.2, -0.15) is 0 Å². The Balaban J connectivity index is 1.99. The van der Waals surface area contributed by atoms with Crippen molar-refractivity contribution < 1.29 is 5.11 Å². The van der Waals surface area contributed by atoms with Crippen molar-refractivity contribution in [2.24, 2.45) is 34.5 Å². The van der Waals surface area contributed by atoms with Crippen molar-refractivity contribution in [1.82, 2.24) is 0 Å². The van der Waals surface area contributed by atoms with Crippen LogP contribution in [0.2, 0.25) is 0 Å². The summed E-state index contributed by atoms with van der Waals surface area (Å²) < 4.78 is 0. The third-order valence-corrected chi connectivity index (χ3v) is 6.69. The fourth-order valence-corrected chi connectivity index (χ4v) is 5.62. The lowest BCUT2D eigenvalue weighted by Crippen LogP contribution is -2.48. The first kappa shape index (κ1) is 11.1. The number of rotatable bonds is 0. The van der Waals surface area contributed by atoms with Crippen LogP contribution in [0.5, 0.6) is 0 Å². The minimum atomic E-state index is -0.0178. The Hall–Kier alpha value is -0.0400. The van der Waals surface area contributed by atoms with E-state index < -0.39 is 0 Å². The van der Waals surface area contributed by atoms with Crippen LogP contribution in [0.25, 0.3) is 0 Å². The van der Waals surface area contributed by atoms with E-state index in [0.717, 1.165) is 24.2 Å². The molecule has 1 nitrogen and oxygen atoms in total. The van der Waals surface area contributed by atoms with E-state index in [4.69, 9.17) is 0 Å². The average molecular weight is 222 g/mol. The fraction of sp³-hybridized carbons (Fsp3) is 1.00. The molecule has 0 aromatic heterocycles. The maximum atomic E-state index is 10.4. The molecule has 0 amide bonds. The number of aliphatic hydroxyl groups excluding tert-OH is 1. The van der Waals surface area contributed by atoms with Gasteiger partial charge in [-0.25, -0.2) is 0 Å². The predicted molar refractivity (Wildman–Crippen MR) is 66.0 cm³/mol. The topological polar surface area (TPSA) is 20.2 Å². The quantitative estimate of drug-likeness (QED) is 0.665. The van der Waals surface area contributed by atoms with Gasteiger partial charge in [-0.05, 0) is 47.3 Å². The number of hydrogen-bond acceptors (Lipinski definition) is 1. The van der Waals surface area contributed by atoms with Crippen LogP contribution in [0.4, 0.5) is 0 Å². The molecule has 6 unspecified atom stereocenters. The Morgan fingerprint density at radius 1 is 1.06 bits per heavy atom.